The second-order valence-corrected chi connectivity index (χ2v) is 2.57. The van der Waals surface area contributed by atoms with Crippen LogP contribution in [0.15, 0.2) is 0 Å². The highest BCUT2D eigenvalue weighted by molar-refractivity contribution is 6.17. The molecule has 0 N–H and O–H groups in total. The lowest BCUT2D eigenvalue weighted by atomic mass is 10.4. The predicted octanol–water partition coefficient (Wildman–Crippen LogP) is 1.25. The first-order valence-corrected chi connectivity index (χ1v) is 3.76. The van der Waals surface area contributed by atoms with Crippen LogP contribution < -0.4 is 0 Å². The lowest BCUT2D eigenvalue weighted by Crippen LogP contribution is -2.27. The third-order valence-corrected chi connectivity index (χ3v) is 1.83. The van der Waals surface area contributed by atoms with E-state index in [-0.39, 0.29) is 6.23 Å². The average Bonchev–Trinajstić information content (AvgIpc) is 2.18. The van der Waals surface area contributed by atoms with E-state index in [0.717, 1.165) is 13.0 Å². The number of ether oxygens (including phenoxy) is 1. The van der Waals surface area contributed by atoms with E-state index in [0.29, 0.717) is 6.07 Å². The standard InChI is InChI=1S/C6H12ClNO/c1-8-4-2-3-6(8)9-5-7/h6H,2-5H2,1H3. The van der Waals surface area contributed by atoms with Crippen molar-refractivity contribution in [1.29, 1.82) is 0 Å². The lowest BCUT2D eigenvalue weighted by Gasteiger charge is -2.17. The van der Waals surface area contributed by atoms with Gasteiger partial charge in [0.25, 0.3) is 0 Å². The molecule has 1 aliphatic heterocycles. The highest BCUT2D eigenvalue weighted by atomic mass is 35.5. The van der Waals surface area contributed by atoms with Gasteiger partial charge in [-0.25, -0.2) is 0 Å². The van der Waals surface area contributed by atoms with E-state index in [2.05, 4.69) is 11.9 Å². The number of nitrogens with zero attached hydrogens (tertiary/aromatic N) is 1. The van der Waals surface area contributed by atoms with Gasteiger partial charge in [0.1, 0.15) is 12.3 Å². The Morgan fingerprint density at radius 2 is 2.56 bits per heavy atom. The first-order valence-electron chi connectivity index (χ1n) is 3.22. The smallest absolute Gasteiger partial charge is 0.122 e. The van der Waals surface area contributed by atoms with Crippen LogP contribution in [0.2, 0.25) is 0 Å². The minimum Gasteiger partial charge on any atom is -0.347 e. The first-order chi connectivity index (χ1) is 4.34. The van der Waals surface area contributed by atoms with E-state index < -0.39 is 0 Å². The van der Waals surface area contributed by atoms with E-state index >= 15 is 0 Å². The molecule has 1 aliphatic rings. The molecule has 1 atom stereocenters. The maximum Gasteiger partial charge on any atom is 0.122 e. The molecule has 0 saturated carbocycles. The molecule has 1 saturated heterocycles. The van der Waals surface area contributed by atoms with Crippen molar-refractivity contribution < 1.29 is 4.74 Å². The maximum atomic E-state index is 5.40. The van der Waals surface area contributed by atoms with Crippen molar-refractivity contribution in [1.82, 2.24) is 4.90 Å². The van der Waals surface area contributed by atoms with Gasteiger partial charge in [0.2, 0.25) is 0 Å². The van der Waals surface area contributed by atoms with Gasteiger partial charge < -0.3 is 4.74 Å². The molecule has 1 heterocycles. The Labute approximate surface area is 60.7 Å². The summed E-state index contributed by atoms with van der Waals surface area (Å²) in [5, 5.41) is 0. The van der Waals surface area contributed by atoms with Crippen LogP contribution in [0.25, 0.3) is 0 Å². The molecule has 2 nitrogen and oxygen atoms in total. The molecule has 1 rings (SSSR count). The molecule has 1 fully saturated rings. The van der Waals surface area contributed by atoms with Crippen LogP contribution in [0, 0.1) is 0 Å². The van der Waals surface area contributed by atoms with Crippen LogP contribution >= 0.6 is 11.6 Å². The number of rotatable bonds is 2. The van der Waals surface area contributed by atoms with Gasteiger partial charge in [-0.05, 0) is 19.9 Å². The van der Waals surface area contributed by atoms with Gasteiger partial charge in [-0.15, -0.1) is 0 Å². The monoisotopic (exact) mass is 149 g/mol. The zero-order chi connectivity index (χ0) is 6.69. The summed E-state index contributed by atoms with van der Waals surface area (Å²) < 4.78 is 5.21. The van der Waals surface area contributed by atoms with Crippen molar-refractivity contribution in [2.75, 3.05) is 19.7 Å². The molecule has 0 radical (unpaired) electrons. The highest BCUT2D eigenvalue weighted by Gasteiger charge is 2.20. The molecule has 0 aromatic carbocycles. The van der Waals surface area contributed by atoms with E-state index in [1.165, 1.54) is 6.42 Å². The molecule has 1 unspecified atom stereocenters. The summed E-state index contributed by atoms with van der Waals surface area (Å²) in [4.78, 5) is 2.18. The Kier molecular flexibility index (Phi) is 2.76. The second-order valence-electron chi connectivity index (χ2n) is 2.35. The van der Waals surface area contributed by atoms with Gasteiger partial charge in [-0.2, -0.15) is 0 Å². The first kappa shape index (κ1) is 7.32. The van der Waals surface area contributed by atoms with Crippen molar-refractivity contribution >= 4 is 11.6 Å². The maximum absolute atomic E-state index is 5.40. The molecule has 9 heavy (non-hydrogen) atoms. The number of likely N-dealkylation sites (tertiary alicyclic amines) is 1. The molecule has 0 spiro atoms. The summed E-state index contributed by atoms with van der Waals surface area (Å²) in [6, 6.07) is 0.314. The van der Waals surface area contributed by atoms with Crippen molar-refractivity contribution in [3.63, 3.8) is 0 Å². The Morgan fingerprint density at radius 3 is 3.00 bits per heavy atom. The van der Waals surface area contributed by atoms with Gasteiger partial charge in [-0.3, -0.25) is 4.90 Å². The summed E-state index contributed by atoms with van der Waals surface area (Å²) in [7, 11) is 2.06. The largest absolute Gasteiger partial charge is 0.347 e. The fourth-order valence-corrected chi connectivity index (χ4v) is 1.31. The van der Waals surface area contributed by atoms with Crippen LogP contribution in [-0.4, -0.2) is 30.8 Å². The topological polar surface area (TPSA) is 12.5 Å². The molecular weight excluding hydrogens is 138 g/mol. The van der Waals surface area contributed by atoms with Gasteiger partial charge in [0.05, 0.1) is 0 Å². The van der Waals surface area contributed by atoms with Crippen molar-refractivity contribution in [3.05, 3.63) is 0 Å². The SMILES string of the molecule is CN1CCCC1OCCl. The van der Waals surface area contributed by atoms with Crippen molar-refractivity contribution in [3.8, 4) is 0 Å². The third-order valence-electron chi connectivity index (χ3n) is 1.71. The summed E-state index contributed by atoms with van der Waals surface area (Å²) in [5.41, 5.74) is 0. The molecular formula is C6H12ClNO. The average molecular weight is 150 g/mol. The van der Waals surface area contributed by atoms with E-state index in [9.17, 15) is 0 Å². The zero-order valence-corrected chi connectivity index (χ0v) is 6.40. The third kappa shape index (κ3) is 1.81. The van der Waals surface area contributed by atoms with Crippen LogP contribution in [0.1, 0.15) is 12.8 Å². The Bertz CT molecular complexity index is 89.1. The van der Waals surface area contributed by atoms with Crippen LogP contribution in [0.4, 0.5) is 0 Å². The lowest BCUT2D eigenvalue weighted by molar-refractivity contribution is 0.0000489. The summed E-state index contributed by atoms with van der Waals surface area (Å²) >= 11 is 5.40. The minimum atomic E-state index is 0.280. The second kappa shape index (κ2) is 3.40. The molecule has 54 valence electrons. The van der Waals surface area contributed by atoms with Gasteiger partial charge in [-0.1, -0.05) is 11.6 Å². The summed E-state index contributed by atoms with van der Waals surface area (Å²) in [6.45, 7) is 1.14. The fourth-order valence-electron chi connectivity index (χ4n) is 1.16. The molecule has 0 aliphatic carbocycles. The van der Waals surface area contributed by atoms with Crippen molar-refractivity contribution in [2.45, 2.75) is 19.1 Å². The molecule has 0 amide bonds. The van der Waals surface area contributed by atoms with Gasteiger partial charge in [0, 0.05) is 6.54 Å². The van der Waals surface area contributed by atoms with E-state index in [1.807, 2.05) is 0 Å². The normalized spacial score (nSPS) is 29.3. The quantitative estimate of drug-likeness (QED) is 0.548. The minimum absolute atomic E-state index is 0.280. The Hall–Kier alpha value is 0.210. The van der Waals surface area contributed by atoms with Crippen LogP contribution in [-0.2, 0) is 4.74 Å². The number of hydrogen-bond acceptors (Lipinski definition) is 2. The zero-order valence-electron chi connectivity index (χ0n) is 5.64. The van der Waals surface area contributed by atoms with Crippen molar-refractivity contribution in [2.24, 2.45) is 0 Å². The molecule has 0 aromatic rings. The number of alkyl halides is 1. The number of halogens is 1. The van der Waals surface area contributed by atoms with Gasteiger partial charge >= 0.3 is 0 Å². The summed E-state index contributed by atoms with van der Waals surface area (Å²) in [5.74, 6) is 0. The molecule has 0 bridgehead atoms. The van der Waals surface area contributed by atoms with Crippen LogP contribution in [0.5, 0.6) is 0 Å². The Morgan fingerprint density at radius 1 is 1.78 bits per heavy atom. The number of hydrogen-bond donors (Lipinski definition) is 0. The molecule has 0 aromatic heterocycles. The highest BCUT2D eigenvalue weighted by Crippen LogP contribution is 2.15. The van der Waals surface area contributed by atoms with E-state index in [1.54, 1.807) is 0 Å². The van der Waals surface area contributed by atoms with E-state index in [4.69, 9.17) is 16.3 Å². The fraction of sp³-hybridized carbons (Fsp3) is 1.00. The van der Waals surface area contributed by atoms with Crippen LogP contribution in [0.3, 0.4) is 0 Å². The Balaban J connectivity index is 2.22. The van der Waals surface area contributed by atoms with Gasteiger partial charge in [0.15, 0.2) is 0 Å². The molecule has 3 heteroatoms. The summed E-state index contributed by atoms with van der Waals surface area (Å²) in [6.07, 6.45) is 2.64. The predicted molar refractivity (Wildman–Crippen MR) is 37.5 cm³/mol.